The van der Waals surface area contributed by atoms with Crippen molar-refractivity contribution in [3.05, 3.63) is 64.3 Å². The van der Waals surface area contributed by atoms with Crippen molar-refractivity contribution in [2.75, 3.05) is 13.1 Å². The number of ketones is 1. The minimum atomic E-state index is -0.510. The summed E-state index contributed by atoms with van der Waals surface area (Å²) in [7, 11) is 0. The molecule has 5 nitrogen and oxygen atoms in total. The Morgan fingerprint density at radius 3 is 2.72 bits per heavy atom. The number of hydrogen-bond donors (Lipinski definition) is 1. The van der Waals surface area contributed by atoms with Gasteiger partial charge in [-0.05, 0) is 37.3 Å². The van der Waals surface area contributed by atoms with Gasteiger partial charge in [-0.15, -0.1) is 0 Å². The molecule has 5 rings (SSSR count). The van der Waals surface area contributed by atoms with E-state index in [1.165, 1.54) is 0 Å². The largest absolute Gasteiger partial charge is 0.486 e. The molecule has 1 amide bonds. The lowest BCUT2D eigenvalue weighted by atomic mass is 9.82. The predicted octanol–water partition coefficient (Wildman–Crippen LogP) is 4.77. The second kappa shape index (κ2) is 6.63. The van der Waals surface area contributed by atoms with Crippen molar-refractivity contribution in [3.63, 3.8) is 0 Å². The number of benzene rings is 2. The highest BCUT2D eigenvalue weighted by Gasteiger charge is 2.43. The molecule has 3 aromatic rings. The average molecular weight is 409 g/mol. The van der Waals surface area contributed by atoms with Crippen LogP contribution in [0.1, 0.15) is 45.7 Å². The predicted molar refractivity (Wildman–Crippen MR) is 112 cm³/mol. The van der Waals surface area contributed by atoms with Crippen LogP contribution in [0.5, 0.6) is 5.75 Å². The third kappa shape index (κ3) is 3.19. The van der Waals surface area contributed by atoms with Crippen molar-refractivity contribution in [1.29, 1.82) is 0 Å². The summed E-state index contributed by atoms with van der Waals surface area (Å²) < 4.78 is 6.30. The fourth-order valence-electron chi connectivity index (χ4n) is 4.39. The van der Waals surface area contributed by atoms with Crippen molar-refractivity contribution >= 4 is 34.2 Å². The second-order valence-electron chi connectivity index (χ2n) is 8.09. The van der Waals surface area contributed by atoms with Gasteiger partial charge < -0.3 is 14.6 Å². The van der Waals surface area contributed by atoms with Gasteiger partial charge in [0.25, 0.3) is 5.91 Å². The first-order valence-corrected chi connectivity index (χ1v) is 10.2. The molecule has 2 aliphatic heterocycles. The Balaban J connectivity index is 1.32. The summed E-state index contributed by atoms with van der Waals surface area (Å²) in [6.07, 6.45) is 1.66. The zero-order chi connectivity index (χ0) is 20.2. The summed E-state index contributed by atoms with van der Waals surface area (Å²) in [6.45, 7) is 3.09. The van der Waals surface area contributed by atoms with Crippen LogP contribution in [0, 0.1) is 6.92 Å². The number of hydrogen-bond acceptors (Lipinski definition) is 3. The van der Waals surface area contributed by atoms with Crippen LogP contribution in [0.4, 0.5) is 0 Å². The molecular weight excluding hydrogens is 388 g/mol. The topological polar surface area (TPSA) is 62.4 Å². The molecule has 0 radical (unpaired) electrons. The zero-order valence-electron chi connectivity index (χ0n) is 16.1. The van der Waals surface area contributed by atoms with Crippen LogP contribution >= 0.6 is 11.6 Å². The minimum absolute atomic E-state index is 0.0367. The summed E-state index contributed by atoms with van der Waals surface area (Å²) in [5.41, 5.74) is 2.62. The zero-order valence-corrected chi connectivity index (χ0v) is 16.9. The van der Waals surface area contributed by atoms with Gasteiger partial charge in [0.05, 0.1) is 12.0 Å². The smallest absolute Gasteiger partial charge is 0.270 e. The third-order valence-electron chi connectivity index (χ3n) is 6.02. The molecule has 0 saturated carbocycles. The number of nitrogens with zero attached hydrogens (tertiary/aromatic N) is 1. The monoisotopic (exact) mass is 408 g/mol. The van der Waals surface area contributed by atoms with E-state index < -0.39 is 5.60 Å². The number of aryl methyl sites for hydroxylation is 1. The van der Waals surface area contributed by atoms with Gasteiger partial charge in [-0.1, -0.05) is 29.3 Å². The molecule has 29 heavy (non-hydrogen) atoms. The lowest BCUT2D eigenvalue weighted by Gasteiger charge is -2.43. The quantitative estimate of drug-likeness (QED) is 0.630. The van der Waals surface area contributed by atoms with E-state index in [9.17, 15) is 9.59 Å². The Morgan fingerprint density at radius 1 is 1.14 bits per heavy atom. The van der Waals surface area contributed by atoms with Crippen molar-refractivity contribution in [3.8, 4) is 5.75 Å². The van der Waals surface area contributed by atoms with Crippen LogP contribution in [-0.4, -0.2) is 40.3 Å². The molecule has 0 bridgehead atoms. The number of rotatable bonds is 1. The van der Waals surface area contributed by atoms with Gasteiger partial charge in [-0.25, -0.2) is 0 Å². The first-order chi connectivity index (χ1) is 13.9. The van der Waals surface area contributed by atoms with E-state index in [1.54, 1.807) is 0 Å². The van der Waals surface area contributed by atoms with E-state index in [-0.39, 0.29) is 11.7 Å². The van der Waals surface area contributed by atoms with Crippen LogP contribution in [-0.2, 0) is 0 Å². The maximum atomic E-state index is 13.0. The average Bonchev–Trinajstić information content (AvgIpc) is 3.12. The number of carbonyl (C=O) groups is 2. The maximum absolute atomic E-state index is 13.0. The molecule has 3 heterocycles. The summed E-state index contributed by atoms with van der Waals surface area (Å²) in [6, 6.07) is 13.1. The van der Waals surface area contributed by atoms with Gasteiger partial charge in [0, 0.05) is 41.9 Å². The standard InChI is InChI=1S/C23H21ClN2O3/c1-14-2-5-21-17(10-14)20(27)13-23(29-21)6-8-26(9-7-23)22(28)19-11-15-3-4-16(24)12-18(15)25-19/h2-5,10-12,25H,6-9,13H2,1H3. The lowest BCUT2D eigenvalue weighted by molar-refractivity contribution is -0.00584. The summed E-state index contributed by atoms with van der Waals surface area (Å²) in [5, 5.41) is 1.59. The number of aromatic nitrogens is 1. The molecule has 1 N–H and O–H groups in total. The van der Waals surface area contributed by atoms with E-state index >= 15 is 0 Å². The number of fused-ring (bicyclic) bond motifs is 2. The normalized spacial score (nSPS) is 18.0. The molecular formula is C23H21ClN2O3. The number of likely N-dealkylation sites (tertiary alicyclic amines) is 1. The highest BCUT2D eigenvalue weighted by atomic mass is 35.5. The number of nitrogens with one attached hydrogen (secondary N) is 1. The van der Waals surface area contributed by atoms with Gasteiger partial charge in [0.1, 0.15) is 17.0 Å². The maximum Gasteiger partial charge on any atom is 0.270 e. The number of carbonyl (C=O) groups excluding carboxylic acids is 2. The van der Waals surface area contributed by atoms with Crippen molar-refractivity contribution in [2.45, 2.75) is 31.8 Å². The Labute approximate surface area is 173 Å². The molecule has 148 valence electrons. The molecule has 0 atom stereocenters. The van der Waals surface area contributed by atoms with Gasteiger partial charge >= 0.3 is 0 Å². The highest BCUT2D eigenvalue weighted by molar-refractivity contribution is 6.31. The number of ether oxygens (including phenoxy) is 1. The van der Waals surface area contributed by atoms with Gasteiger partial charge in [0.2, 0.25) is 0 Å². The van der Waals surface area contributed by atoms with Crippen LogP contribution < -0.4 is 4.74 Å². The number of aromatic amines is 1. The fourth-order valence-corrected chi connectivity index (χ4v) is 4.56. The Bertz CT molecular complexity index is 1140. The molecule has 1 fully saturated rings. The SMILES string of the molecule is Cc1ccc2c(c1)C(=O)CC1(CCN(C(=O)c3cc4ccc(Cl)cc4[nH]3)CC1)O2. The van der Waals surface area contributed by atoms with Crippen molar-refractivity contribution < 1.29 is 14.3 Å². The number of halogens is 1. The Morgan fingerprint density at radius 2 is 1.93 bits per heavy atom. The van der Waals surface area contributed by atoms with Gasteiger partial charge in [-0.2, -0.15) is 0 Å². The molecule has 6 heteroatoms. The van der Waals surface area contributed by atoms with Crippen molar-refractivity contribution in [2.24, 2.45) is 0 Å². The summed E-state index contributed by atoms with van der Waals surface area (Å²) in [4.78, 5) is 30.7. The number of Topliss-reactive ketones (excluding diaryl/α,β-unsaturated/α-hetero) is 1. The number of amides is 1. The molecule has 0 unspecified atom stereocenters. The van der Waals surface area contributed by atoms with Crippen LogP contribution in [0.2, 0.25) is 5.02 Å². The minimum Gasteiger partial charge on any atom is -0.486 e. The van der Waals surface area contributed by atoms with E-state index in [0.29, 0.717) is 54.4 Å². The van der Waals surface area contributed by atoms with Gasteiger partial charge in [0.15, 0.2) is 5.78 Å². The molecule has 1 spiro atoms. The molecule has 1 saturated heterocycles. The van der Waals surface area contributed by atoms with E-state index in [1.807, 2.05) is 54.3 Å². The summed E-state index contributed by atoms with van der Waals surface area (Å²) >= 11 is 6.04. The van der Waals surface area contributed by atoms with Crippen LogP contribution in [0.25, 0.3) is 10.9 Å². The fraction of sp³-hybridized carbons (Fsp3) is 0.304. The van der Waals surface area contributed by atoms with Gasteiger partial charge in [-0.3, -0.25) is 9.59 Å². The third-order valence-corrected chi connectivity index (χ3v) is 6.26. The first-order valence-electron chi connectivity index (χ1n) is 9.83. The summed E-state index contributed by atoms with van der Waals surface area (Å²) in [5.74, 6) is 0.756. The van der Waals surface area contributed by atoms with Crippen molar-refractivity contribution in [1.82, 2.24) is 9.88 Å². The second-order valence-corrected chi connectivity index (χ2v) is 8.53. The first kappa shape index (κ1) is 18.3. The Kier molecular flexibility index (Phi) is 4.17. The van der Waals surface area contributed by atoms with E-state index in [2.05, 4.69) is 4.98 Å². The number of piperidine rings is 1. The molecule has 1 aromatic heterocycles. The lowest BCUT2D eigenvalue weighted by Crippen LogP contribution is -2.52. The van der Waals surface area contributed by atoms with E-state index in [0.717, 1.165) is 16.5 Å². The molecule has 2 aliphatic rings. The number of H-pyrrole nitrogens is 1. The molecule has 0 aliphatic carbocycles. The van der Waals surface area contributed by atoms with Crippen LogP contribution in [0.3, 0.4) is 0 Å². The Hall–Kier alpha value is -2.79. The highest BCUT2D eigenvalue weighted by Crippen LogP contribution is 2.39. The van der Waals surface area contributed by atoms with Crippen LogP contribution in [0.15, 0.2) is 42.5 Å². The van der Waals surface area contributed by atoms with E-state index in [4.69, 9.17) is 16.3 Å². The molecule has 2 aromatic carbocycles.